The zero-order chi connectivity index (χ0) is 20.1. The van der Waals surface area contributed by atoms with Gasteiger partial charge in [-0.15, -0.1) is 0 Å². The van der Waals surface area contributed by atoms with Crippen LogP contribution in [0.5, 0.6) is 5.88 Å². The molecule has 0 aliphatic rings. The molecule has 0 spiro atoms. The Bertz CT molecular complexity index is 757. The van der Waals surface area contributed by atoms with Gasteiger partial charge in [-0.1, -0.05) is 52.3 Å². The van der Waals surface area contributed by atoms with Gasteiger partial charge in [-0.3, -0.25) is 0 Å². The second kappa shape index (κ2) is 9.34. The lowest BCUT2D eigenvalue weighted by Gasteiger charge is -2.19. The lowest BCUT2D eigenvalue weighted by molar-refractivity contribution is 0.228. The maximum Gasteiger partial charge on any atom is 0.235 e. The van der Waals surface area contributed by atoms with E-state index in [0.29, 0.717) is 18.4 Å². The minimum absolute atomic E-state index is 0.517. The van der Waals surface area contributed by atoms with Gasteiger partial charge < -0.3 is 4.74 Å². The van der Waals surface area contributed by atoms with E-state index in [1.807, 2.05) is 0 Å². The molecule has 0 amide bonds. The van der Waals surface area contributed by atoms with Crippen molar-refractivity contribution in [3.05, 3.63) is 40.2 Å². The number of benzene rings is 1. The molecular formula is C24H36N2O. The lowest BCUT2D eigenvalue weighted by Crippen LogP contribution is -2.14. The third kappa shape index (κ3) is 5.31. The Kier molecular flexibility index (Phi) is 7.41. The van der Waals surface area contributed by atoms with E-state index in [0.717, 1.165) is 42.2 Å². The molecule has 0 N–H and O–H groups in total. The summed E-state index contributed by atoms with van der Waals surface area (Å²) in [5.41, 5.74) is 8.03. The monoisotopic (exact) mass is 368 g/mol. The molecular weight excluding hydrogens is 332 g/mol. The molecule has 0 aliphatic carbocycles. The van der Waals surface area contributed by atoms with Gasteiger partial charge in [-0.05, 0) is 63.0 Å². The smallest absolute Gasteiger partial charge is 0.235 e. The van der Waals surface area contributed by atoms with E-state index in [1.54, 1.807) is 0 Å². The molecule has 1 aromatic heterocycles. The van der Waals surface area contributed by atoms with Crippen molar-refractivity contribution in [2.45, 2.75) is 74.7 Å². The van der Waals surface area contributed by atoms with Crippen LogP contribution in [0.1, 0.15) is 69.1 Å². The predicted molar refractivity (Wildman–Crippen MR) is 115 cm³/mol. The van der Waals surface area contributed by atoms with Crippen molar-refractivity contribution in [2.24, 2.45) is 11.8 Å². The predicted octanol–water partition coefficient (Wildman–Crippen LogP) is 6.25. The van der Waals surface area contributed by atoms with Gasteiger partial charge in [0, 0.05) is 5.56 Å². The molecule has 27 heavy (non-hydrogen) atoms. The Hall–Kier alpha value is -1.90. The zero-order valence-electron chi connectivity index (χ0n) is 18.4. The molecule has 0 saturated heterocycles. The molecule has 3 heteroatoms. The highest BCUT2D eigenvalue weighted by molar-refractivity contribution is 5.70. The Balaban J connectivity index is 2.42. The standard InChI is InChI=1S/C24H36N2O/c1-9-20-23(22-18(7)12-16(5)13-19(22)8)25-21(10-2)24(26-20)27-14-17(6)11-15(3)4/h12-13,15,17H,9-11,14H2,1-8H3. The van der Waals surface area contributed by atoms with Crippen molar-refractivity contribution in [1.29, 1.82) is 0 Å². The van der Waals surface area contributed by atoms with Crippen LogP contribution in [0, 0.1) is 32.6 Å². The van der Waals surface area contributed by atoms with E-state index >= 15 is 0 Å². The quantitative estimate of drug-likeness (QED) is 0.552. The van der Waals surface area contributed by atoms with Crippen LogP contribution in [0.3, 0.4) is 0 Å². The summed E-state index contributed by atoms with van der Waals surface area (Å²) in [6.45, 7) is 18.2. The number of hydrogen-bond donors (Lipinski definition) is 0. The van der Waals surface area contributed by atoms with E-state index < -0.39 is 0 Å². The first-order valence-corrected chi connectivity index (χ1v) is 10.4. The number of ether oxygens (including phenoxy) is 1. The molecule has 2 rings (SSSR count). The van der Waals surface area contributed by atoms with Crippen LogP contribution in [0.4, 0.5) is 0 Å². The zero-order valence-corrected chi connectivity index (χ0v) is 18.4. The van der Waals surface area contributed by atoms with Crippen molar-refractivity contribution < 1.29 is 4.74 Å². The highest BCUT2D eigenvalue weighted by atomic mass is 16.5. The molecule has 148 valence electrons. The first kappa shape index (κ1) is 21.4. The van der Waals surface area contributed by atoms with Crippen molar-refractivity contribution in [2.75, 3.05) is 6.61 Å². The first-order valence-electron chi connectivity index (χ1n) is 10.4. The fourth-order valence-corrected chi connectivity index (χ4v) is 3.93. The van der Waals surface area contributed by atoms with Gasteiger partial charge in [0.15, 0.2) is 0 Å². The Labute approximate surface area is 165 Å². The highest BCUT2D eigenvalue weighted by Gasteiger charge is 2.18. The first-order chi connectivity index (χ1) is 12.8. The molecule has 0 aliphatic heterocycles. The van der Waals surface area contributed by atoms with Gasteiger partial charge in [0.2, 0.25) is 5.88 Å². The summed E-state index contributed by atoms with van der Waals surface area (Å²) < 4.78 is 6.13. The van der Waals surface area contributed by atoms with E-state index in [1.165, 1.54) is 22.3 Å². The summed E-state index contributed by atoms with van der Waals surface area (Å²) in [4.78, 5) is 9.94. The second-order valence-electron chi connectivity index (χ2n) is 8.30. The fourth-order valence-electron chi connectivity index (χ4n) is 3.93. The topological polar surface area (TPSA) is 35.0 Å². The molecule has 1 atom stereocenters. The number of rotatable bonds is 8. The Morgan fingerprint density at radius 2 is 1.48 bits per heavy atom. The molecule has 3 nitrogen and oxygen atoms in total. The molecule has 1 unspecified atom stereocenters. The number of aromatic nitrogens is 2. The minimum Gasteiger partial charge on any atom is -0.476 e. The van der Waals surface area contributed by atoms with Crippen LogP contribution in [0.2, 0.25) is 0 Å². The summed E-state index contributed by atoms with van der Waals surface area (Å²) >= 11 is 0. The SMILES string of the molecule is CCc1nc(-c2c(C)cc(C)cc2C)c(CC)nc1OCC(C)CC(C)C. The normalized spacial score (nSPS) is 12.5. The molecule has 0 fully saturated rings. The third-order valence-electron chi connectivity index (χ3n) is 4.97. The van der Waals surface area contributed by atoms with Gasteiger partial charge in [-0.25, -0.2) is 9.97 Å². The van der Waals surface area contributed by atoms with Crippen LogP contribution in [-0.4, -0.2) is 16.6 Å². The summed E-state index contributed by atoms with van der Waals surface area (Å²) in [6, 6.07) is 4.46. The van der Waals surface area contributed by atoms with E-state index in [-0.39, 0.29) is 0 Å². The van der Waals surface area contributed by atoms with Crippen molar-refractivity contribution >= 4 is 0 Å². The lowest BCUT2D eigenvalue weighted by atomic mass is 9.95. The maximum atomic E-state index is 6.13. The summed E-state index contributed by atoms with van der Waals surface area (Å²) in [7, 11) is 0. The molecule has 0 saturated carbocycles. The molecule has 1 aromatic carbocycles. The summed E-state index contributed by atoms with van der Waals surface area (Å²) in [5.74, 6) is 1.92. The molecule has 0 radical (unpaired) electrons. The average Bonchev–Trinajstić information content (AvgIpc) is 2.58. The molecule has 1 heterocycles. The van der Waals surface area contributed by atoms with E-state index in [2.05, 4.69) is 67.5 Å². The Morgan fingerprint density at radius 1 is 0.889 bits per heavy atom. The average molecular weight is 369 g/mol. The van der Waals surface area contributed by atoms with Gasteiger partial charge in [0.05, 0.1) is 18.0 Å². The van der Waals surface area contributed by atoms with Crippen LogP contribution in [0.15, 0.2) is 12.1 Å². The number of hydrogen-bond acceptors (Lipinski definition) is 3. The van der Waals surface area contributed by atoms with Gasteiger partial charge >= 0.3 is 0 Å². The Morgan fingerprint density at radius 3 is 2.00 bits per heavy atom. The van der Waals surface area contributed by atoms with E-state index in [9.17, 15) is 0 Å². The summed E-state index contributed by atoms with van der Waals surface area (Å²) in [5, 5.41) is 0. The van der Waals surface area contributed by atoms with Crippen molar-refractivity contribution in [3.8, 4) is 17.1 Å². The minimum atomic E-state index is 0.517. The van der Waals surface area contributed by atoms with Crippen molar-refractivity contribution in [1.82, 2.24) is 9.97 Å². The van der Waals surface area contributed by atoms with Gasteiger partial charge in [-0.2, -0.15) is 0 Å². The fraction of sp³-hybridized carbons (Fsp3) is 0.583. The second-order valence-corrected chi connectivity index (χ2v) is 8.30. The van der Waals surface area contributed by atoms with Crippen LogP contribution in [0.25, 0.3) is 11.3 Å². The van der Waals surface area contributed by atoms with Gasteiger partial charge in [0.25, 0.3) is 0 Å². The highest BCUT2D eigenvalue weighted by Crippen LogP contribution is 2.32. The maximum absolute atomic E-state index is 6.13. The van der Waals surface area contributed by atoms with Crippen LogP contribution >= 0.6 is 0 Å². The molecule has 2 aromatic rings. The number of nitrogens with zero attached hydrogens (tertiary/aromatic N) is 2. The third-order valence-corrected chi connectivity index (χ3v) is 4.97. The van der Waals surface area contributed by atoms with Crippen LogP contribution < -0.4 is 4.74 Å². The van der Waals surface area contributed by atoms with Crippen molar-refractivity contribution in [3.63, 3.8) is 0 Å². The van der Waals surface area contributed by atoms with Gasteiger partial charge in [0.1, 0.15) is 5.69 Å². The summed E-state index contributed by atoms with van der Waals surface area (Å²) in [6.07, 6.45) is 2.83. The number of aryl methyl sites for hydroxylation is 5. The molecule has 0 bridgehead atoms. The largest absolute Gasteiger partial charge is 0.476 e. The van der Waals surface area contributed by atoms with Crippen LogP contribution in [-0.2, 0) is 12.8 Å². The van der Waals surface area contributed by atoms with E-state index in [4.69, 9.17) is 14.7 Å².